The molecule has 72 heavy (non-hydrogen) atoms. The van der Waals surface area contributed by atoms with Gasteiger partial charge in [0.25, 0.3) is 0 Å². The van der Waals surface area contributed by atoms with E-state index in [0.717, 1.165) is 57.8 Å². The molecule has 0 heterocycles. The number of carbonyl (C=O) groups excluding carboxylic acids is 3. The summed E-state index contributed by atoms with van der Waals surface area (Å²) >= 11 is 0. The van der Waals surface area contributed by atoms with E-state index in [4.69, 9.17) is 14.2 Å². The zero-order valence-electron chi connectivity index (χ0n) is 49.0. The first kappa shape index (κ1) is 70.1. The minimum absolute atomic E-state index is 0.0629. The first-order chi connectivity index (χ1) is 35.5. The van der Waals surface area contributed by atoms with E-state index in [2.05, 4.69) is 32.9 Å². The minimum Gasteiger partial charge on any atom is -0.462 e. The topological polar surface area (TPSA) is 78.9 Å². The van der Waals surface area contributed by atoms with Gasteiger partial charge in [0.2, 0.25) is 0 Å². The Labute approximate surface area is 450 Å². The molecule has 0 N–H and O–H groups in total. The van der Waals surface area contributed by atoms with Gasteiger partial charge in [-0.25, -0.2) is 0 Å². The Hall–Kier alpha value is -1.85. The summed E-state index contributed by atoms with van der Waals surface area (Å²) in [5.74, 6) is -0.832. The smallest absolute Gasteiger partial charge is 0.306 e. The predicted molar refractivity (Wildman–Crippen MR) is 312 cm³/mol. The van der Waals surface area contributed by atoms with Crippen LogP contribution in [0.15, 0.2) is 12.2 Å². The Morgan fingerprint density at radius 2 is 0.458 bits per heavy atom. The van der Waals surface area contributed by atoms with Crippen molar-refractivity contribution in [3.05, 3.63) is 12.2 Å². The average molecular weight is 1020 g/mol. The number of unbranched alkanes of at least 4 members (excludes halogenated alkanes) is 48. The van der Waals surface area contributed by atoms with E-state index in [1.54, 1.807) is 0 Å². The number of allylic oxidation sites excluding steroid dienone is 2. The minimum atomic E-state index is -0.764. The van der Waals surface area contributed by atoms with Crippen molar-refractivity contribution in [3.63, 3.8) is 0 Å². The molecule has 0 spiro atoms. The first-order valence-electron chi connectivity index (χ1n) is 32.7. The third-order valence-corrected chi connectivity index (χ3v) is 15.0. The Morgan fingerprint density at radius 1 is 0.264 bits per heavy atom. The van der Waals surface area contributed by atoms with Crippen molar-refractivity contribution in [2.75, 3.05) is 13.2 Å². The molecule has 0 radical (unpaired) electrons. The van der Waals surface area contributed by atoms with Crippen molar-refractivity contribution in [1.29, 1.82) is 0 Å². The van der Waals surface area contributed by atoms with Crippen molar-refractivity contribution >= 4 is 17.9 Å². The third kappa shape index (κ3) is 59.0. The van der Waals surface area contributed by atoms with Gasteiger partial charge in [-0.2, -0.15) is 0 Å². The molecule has 0 aliphatic carbocycles. The van der Waals surface area contributed by atoms with Crippen LogP contribution in [0.2, 0.25) is 0 Å². The number of hydrogen-bond donors (Lipinski definition) is 0. The van der Waals surface area contributed by atoms with Crippen molar-refractivity contribution in [2.45, 2.75) is 380 Å². The lowest BCUT2D eigenvalue weighted by Crippen LogP contribution is -2.30. The molecular weight excluding hydrogens is 889 g/mol. The molecule has 0 saturated carbocycles. The molecule has 0 aromatic rings. The number of esters is 3. The normalized spacial score (nSPS) is 12.0. The molecule has 1 unspecified atom stereocenters. The maximum absolute atomic E-state index is 12.9. The lowest BCUT2D eigenvalue weighted by Gasteiger charge is -2.18. The quantitative estimate of drug-likeness (QED) is 0.0261. The van der Waals surface area contributed by atoms with E-state index in [9.17, 15) is 14.4 Å². The molecule has 6 nitrogen and oxygen atoms in total. The molecule has 0 aromatic heterocycles. The molecule has 0 aliphatic rings. The fraction of sp³-hybridized carbons (Fsp3) is 0.924. The van der Waals surface area contributed by atoms with Crippen LogP contribution in [0.5, 0.6) is 0 Å². The molecule has 426 valence electrons. The summed E-state index contributed by atoms with van der Waals surface area (Å²) in [6.45, 7) is 6.71. The van der Waals surface area contributed by atoms with Crippen LogP contribution >= 0.6 is 0 Å². The van der Waals surface area contributed by atoms with Gasteiger partial charge in [-0.1, -0.05) is 322 Å². The van der Waals surface area contributed by atoms with E-state index in [1.807, 2.05) is 0 Å². The van der Waals surface area contributed by atoms with Crippen LogP contribution in [0.4, 0.5) is 0 Å². The van der Waals surface area contributed by atoms with Crippen LogP contribution in [0.1, 0.15) is 374 Å². The lowest BCUT2D eigenvalue weighted by atomic mass is 10.0. The lowest BCUT2D eigenvalue weighted by molar-refractivity contribution is -0.167. The first-order valence-corrected chi connectivity index (χ1v) is 32.7. The molecule has 6 heteroatoms. The molecule has 0 amide bonds. The van der Waals surface area contributed by atoms with E-state index in [0.29, 0.717) is 19.3 Å². The van der Waals surface area contributed by atoms with Gasteiger partial charge in [0.05, 0.1) is 0 Å². The maximum atomic E-state index is 12.9. The highest BCUT2D eigenvalue weighted by atomic mass is 16.6. The Morgan fingerprint density at radius 3 is 0.694 bits per heavy atom. The van der Waals surface area contributed by atoms with Crippen molar-refractivity contribution in [3.8, 4) is 0 Å². The molecule has 0 saturated heterocycles. The van der Waals surface area contributed by atoms with Gasteiger partial charge in [-0.3, -0.25) is 14.4 Å². The Kier molecular flexibility index (Phi) is 60.1. The van der Waals surface area contributed by atoms with Gasteiger partial charge in [0.15, 0.2) is 6.10 Å². The van der Waals surface area contributed by atoms with Crippen LogP contribution in [-0.4, -0.2) is 37.2 Å². The van der Waals surface area contributed by atoms with Gasteiger partial charge in [0, 0.05) is 19.3 Å². The average Bonchev–Trinajstić information content (AvgIpc) is 3.38. The summed E-state index contributed by atoms with van der Waals surface area (Å²) in [5.41, 5.74) is 0. The second-order valence-electron chi connectivity index (χ2n) is 22.4. The van der Waals surface area contributed by atoms with Crippen LogP contribution in [0.25, 0.3) is 0 Å². The highest BCUT2D eigenvalue weighted by Gasteiger charge is 2.19. The second-order valence-corrected chi connectivity index (χ2v) is 22.4. The van der Waals surface area contributed by atoms with E-state index in [1.165, 1.54) is 276 Å². The molecule has 0 aliphatic heterocycles. The fourth-order valence-electron chi connectivity index (χ4n) is 10.1. The zero-order chi connectivity index (χ0) is 52.2. The van der Waals surface area contributed by atoms with Crippen LogP contribution in [-0.2, 0) is 28.6 Å². The van der Waals surface area contributed by atoms with Crippen molar-refractivity contribution in [2.24, 2.45) is 0 Å². The fourth-order valence-corrected chi connectivity index (χ4v) is 10.1. The van der Waals surface area contributed by atoms with Crippen LogP contribution < -0.4 is 0 Å². The van der Waals surface area contributed by atoms with Gasteiger partial charge >= 0.3 is 17.9 Å². The second kappa shape index (κ2) is 61.7. The molecule has 1 atom stereocenters. The van der Waals surface area contributed by atoms with Gasteiger partial charge < -0.3 is 14.2 Å². The van der Waals surface area contributed by atoms with E-state index in [-0.39, 0.29) is 31.1 Å². The molecule has 0 rings (SSSR count). The monoisotopic (exact) mass is 1010 g/mol. The SMILES string of the molecule is CCCCCCCCCC/C=C\CCCCCCCCCCCCCCCC(=O)OCC(COC(=O)CCCCCCCCCCCCCCC)OC(=O)CCCCCCCCCCCCCCCCCC. The Bertz CT molecular complexity index is 1120. The van der Waals surface area contributed by atoms with Crippen molar-refractivity contribution in [1.82, 2.24) is 0 Å². The standard InChI is InChI=1S/C66H126O6/c1-4-7-10-13-16-19-22-25-27-29-30-31-32-33-34-35-36-37-39-41-44-47-50-53-56-59-65(68)71-62-63(61-70-64(67)58-55-52-49-46-43-40-24-21-18-15-12-9-6-3)72-66(69)60-57-54-51-48-45-42-38-28-26-23-20-17-14-11-8-5-2/h29-30,63H,4-28,31-62H2,1-3H3/b30-29-. The zero-order valence-corrected chi connectivity index (χ0v) is 49.0. The van der Waals surface area contributed by atoms with Crippen LogP contribution in [0.3, 0.4) is 0 Å². The van der Waals surface area contributed by atoms with Gasteiger partial charge in [-0.05, 0) is 44.9 Å². The van der Waals surface area contributed by atoms with Crippen molar-refractivity contribution < 1.29 is 28.6 Å². The maximum Gasteiger partial charge on any atom is 0.306 e. The number of hydrogen-bond acceptors (Lipinski definition) is 6. The number of ether oxygens (including phenoxy) is 3. The van der Waals surface area contributed by atoms with Gasteiger partial charge in [-0.15, -0.1) is 0 Å². The highest BCUT2D eigenvalue weighted by Crippen LogP contribution is 2.18. The molecule has 0 bridgehead atoms. The molecule has 0 aromatic carbocycles. The van der Waals surface area contributed by atoms with Crippen LogP contribution in [0, 0.1) is 0 Å². The summed E-state index contributed by atoms with van der Waals surface area (Å²) in [6.07, 6.45) is 72.2. The van der Waals surface area contributed by atoms with E-state index < -0.39 is 6.10 Å². The van der Waals surface area contributed by atoms with Gasteiger partial charge in [0.1, 0.15) is 13.2 Å². The third-order valence-electron chi connectivity index (χ3n) is 15.0. The molecule has 0 fully saturated rings. The number of rotatable bonds is 61. The van der Waals surface area contributed by atoms with E-state index >= 15 is 0 Å². The summed E-state index contributed by atoms with van der Waals surface area (Å²) < 4.78 is 16.9. The summed E-state index contributed by atoms with van der Waals surface area (Å²) in [7, 11) is 0. The Balaban J connectivity index is 4.20. The highest BCUT2D eigenvalue weighted by molar-refractivity contribution is 5.71. The predicted octanol–water partition coefficient (Wildman–Crippen LogP) is 22.1. The largest absolute Gasteiger partial charge is 0.462 e. The number of carbonyl (C=O) groups is 3. The summed E-state index contributed by atoms with van der Waals surface area (Å²) in [5, 5.41) is 0. The summed E-state index contributed by atoms with van der Waals surface area (Å²) in [6, 6.07) is 0. The summed E-state index contributed by atoms with van der Waals surface area (Å²) in [4.78, 5) is 38.3. The molecular formula is C66H126O6.